The summed E-state index contributed by atoms with van der Waals surface area (Å²) in [4.78, 5) is 41.6. The van der Waals surface area contributed by atoms with Gasteiger partial charge in [-0.1, -0.05) is 6.08 Å². The number of hydrogen-bond donors (Lipinski definition) is 2. The number of alkyl halides is 3. The number of rotatable bonds is 5. The van der Waals surface area contributed by atoms with Gasteiger partial charge in [0, 0.05) is 68.5 Å². The number of aromatic amines is 1. The molecule has 2 atom stereocenters. The van der Waals surface area contributed by atoms with Gasteiger partial charge in [0.25, 0.3) is 5.91 Å². The molecule has 1 saturated heterocycles. The van der Waals surface area contributed by atoms with Crippen molar-refractivity contribution < 1.29 is 22.4 Å². The molecule has 2 unspecified atom stereocenters. The average molecular weight is 586 g/mol. The predicted molar refractivity (Wildman–Crippen MR) is 152 cm³/mol. The van der Waals surface area contributed by atoms with Gasteiger partial charge in [-0.25, -0.2) is 14.4 Å². The maximum atomic E-state index is 15.8. The highest BCUT2D eigenvalue weighted by Gasteiger charge is 2.36. The molecule has 3 aromatic rings. The minimum absolute atomic E-state index is 0.100. The van der Waals surface area contributed by atoms with E-state index < -0.39 is 34.6 Å². The molecule has 5 rings (SSSR count). The van der Waals surface area contributed by atoms with Crippen LogP contribution in [0.25, 0.3) is 5.57 Å². The fraction of sp³-hybridized carbons (Fsp3) is 0.379. The van der Waals surface area contributed by atoms with Crippen molar-refractivity contribution in [3.05, 3.63) is 81.8 Å². The van der Waals surface area contributed by atoms with Crippen molar-refractivity contribution in [3.8, 4) is 0 Å². The van der Waals surface area contributed by atoms with Crippen LogP contribution in [-0.4, -0.2) is 71.1 Å². The lowest BCUT2D eigenvalue weighted by molar-refractivity contribution is -0.138. The summed E-state index contributed by atoms with van der Waals surface area (Å²) in [6, 6.07) is 5.08. The third-order valence-electron chi connectivity index (χ3n) is 7.90. The summed E-state index contributed by atoms with van der Waals surface area (Å²) in [7, 11) is 1.99. The largest absolute Gasteiger partial charge is 0.417 e. The van der Waals surface area contributed by atoms with E-state index in [0.29, 0.717) is 55.9 Å². The van der Waals surface area contributed by atoms with Crippen molar-refractivity contribution >= 4 is 28.8 Å². The lowest BCUT2D eigenvalue weighted by Crippen LogP contribution is -2.55. The molecule has 2 aromatic heterocycles. The molecule has 0 radical (unpaired) electrons. The number of piperazine rings is 1. The van der Waals surface area contributed by atoms with Gasteiger partial charge >= 0.3 is 6.18 Å². The average Bonchev–Trinajstić information content (AvgIpc) is 2.96. The zero-order valence-electron chi connectivity index (χ0n) is 23.4. The Bertz CT molecular complexity index is 1550. The van der Waals surface area contributed by atoms with Crippen molar-refractivity contribution in [1.82, 2.24) is 19.9 Å². The highest BCUT2D eigenvalue weighted by Crippen LogP contribution is 2.37. The highest BCUT2D eigenvalue weighted by atomic mass is 19.4. The summed E-state index contributed by atoms with van der Waals surface area (Å²) < 4.78 is 56.9. The first-order valence-electron chi connectivity index (χ1n) is 13.6. The van der Waals surface area contributed by atoms with E-state index in [1.54, 1.807) is 18.5 Å². The number of H-pyrrole nitrogens is 1. The molecule has 2 aliphatic heterocycles. The minimum Gasteiger partial charge on any atom is -0.367 e. The molecule has 9 nitrogen and oxygen atoms in total. The summed E-state index contributed by atoms with van der Waals surface area (Å²) in [6.45, 7) is 6.04. The molecule has 0 aliphatic carbocycles. The van der Waals surface area contributed by atoms with Gasteiger partial charge in [0.2, 0.25) is 11.5 Å². The fourth-order valence-electron chi connectivity index (χ4n) is 5.41. The van der Waals surface area contributed by atoms with E-state index >= 15 is 4.39 Å². The van der Waals surface area contributed by atoms with Crippen molar-refractivity contribution in [2.75, 3.05) is 48.3 Å². The molecule has 2 N–H and O–H groups in total. The molecule has 0 saturated carbocycles. The molecule has 222 valence electrons. The van der Waals surface area contributed by atoms with Crippen LogP contribution in [0.15, 0.2) is 53.7 Å². The highest BCUT2D eigenvalue weighted by molar-refractivity contribution is 6.07. The third-order valence-corrected chi connectivity index (χ3v) is 7.90. The number of carbonyl (C=O) groups is 1. The fourth-order valence-corrected chi connectivity index (χ4v) is 5.41. The van der Waals surface area contributed by atoms with E-state index in [0.717, 1.165) is 6.20 Å². The summed E-state index contributed by atoms with van der Waals surface area (Å²) in [5.41, 5.74) is -1.60. The Hall–Kier alpha value is -4.26. The first-order chi connectivity index (χ1) is 19.9. The van der Waals surface area contributed by atoms with Crippen LogP contribution in [0.4, 0.5) is 34.9 Å². The first-order valence-corrected chi connectivity index (χ1v) is 13.6. The molecule has 4 heterocycles. The number of nitrogens with zero attached hydrogens (tertiary/aromatic N) is 5. The van der Waals surface area contributed by atoms with Gasteiger partial charge in [-0.2, -0.15) is 13.2 Å². The molecule has 1 fully saturated rings. The number of carbonyl (C=O) groups excluding carboxylic acids is 1. The number of aromatic nitrogens is 3. The second-order valence-corrected chi connectivity index (χ2v) is 10.7. The summed E-state index contributed by atoms with van der Waals surface area (Å²) in [6.07, 6.45) is 1.41. The third kappa shape index (κ3) is 6.01. The summed E-state index contributed by atoms with van der Waals surface area (Å²) in [5.74, 6) is -1.02. The number of hydrogen-bond acceptors (Lipinski definition) is 7. The topological polar surface area (TPSA) is 97.5 Å². The number of halogens is 4. The van der Waals surface area contributed by atoms with Gasteiger partial charge in [-0.15, -0.1) is 0 Å². The molecular formula is C29H31F4N7O2. The van der Waals surface area contributed by atoms with Gasteiger partial charge < -0.3 is 20.1 Å². The molecule has 13 heteroatoms. The summed E-state index contributed by atoms with van der Waals surface area (Å²) in [5, 5.41) is 2.60. The van der Waals surface area contributed by atoms with Crippen molar-refractivity contribution in [1.29, 1.82) is 0 Å². The Balaban J connectivity index is 1.53. The lowest BCUT2D eigenvalue weighted by Gasteiger charge is -2.44. The van der Waals surface area contributed by atoms with E-state index in [1.807, 2.05) is 36.8 Å². The zero-order valence-corrected chi connectivity index (χ0v) is 23.4. The Morgan fingerprint density at radius 3 is 2.38 bits per heavy atom. The molecular weight excluding hydrogens is 554 g/mol. The second-order valence-electron chi connectivity index (χ2n) is 10.7. The zero-order chi connectivity index (χ0) is 30.2. The van der Waals surface area contributed by atoms with Crippen LogP contribution in [0.3, 0.4) is 0 Å². The molecule has 42 heavy (non-hydrogen) atoms. The van der Waals surface area contributed by atoms with E-state index in [4.69, 9.17) is 0 Å². The summed E-state index contributed by atoms with van der Waals surface area (Å²) >= 11 is 0. The molecule has 0 spiro atoms. The molecule has 2 aliphatic rings. The first kappa shape index (κ1) is 29.2. The van der Waals surface area contributed by atoms with Gasteiger partial charge in [0.15, 0.2) is 0 Å². The van der Waals surface area contributed by atoms with Crippen molar-refractivity contribution in [2.45, 2.75) is 38.5 Å². The van der Waals surface area contributed by atoms with Gasteiger partial charge in [-0.05, 0) is 51.1 Å². The van der Waals surface area contributed by atoms with Crippen molar-refractivity contribution in [3.63, 3.8) is 0 Å². The monoisotopic (exact) mass is 585 g/mol. The SMILES string of the molecule is CC1CN(c2cc(F)c(C3=CCN(c4ncccn4)CC3)cc2NC(=O)c2c[nH]c(=O)cc2C(F)(F)F)CC(C)N1C. The van der Waals surface area contributed by atoms with Crippen LogP contribution in [0, 0.1) is 5.82 Å². The van der Waals surface area contributed by atoms with E-state index in [9.17, 15) is 22.8 Å². The van der Waals surface area contributed by atoms with E-state index in [1.165, 1.54) is 12.1 Å². The normalized spacial score (nSPS) is 19.9. The second kappa shape index (κ2) is 11.6. The predicted octanol–water partition coefficient (Wildman–Crippen LogP) is 4.40. The Morgan fingerprint density at radius 1 is 1.07 bits per heavy atom. The number of nitrogens with one attached hydrogen (secondary N) is 2. The number of anilines is 3. The number of likely N-dealkylation sites (N-methyl/N-ethyl adjacent to an activating group) is 1. The minimum atomic E-state index is -4.93. The van der Waals surface area contributed by atoms with Gasteiger partial charge in [0.1, 0.15) is 5.82 Å². The number of amides is 1. The molecule has 0 bridgehead atoms. The number of benzene rings is 1. The Kier molecular flexibility index (Phi) is 8.04. The van der Waals surface area contributed by atoms with Gasteiger partial charge in [-0.3, -0.25) is 14.5 Å². The van der Waals surface area contributed by atoms with Gasteiger partial charge in [0.05, 0.1) is 22.5 Å². The van der Waals surface area contributed by atoms with Crippen LogP contribution < -0.4 is 20.7 Å². The Morgan fingerprint density at radius 2 is 1.76 bits per heavy atom. The van der Waals surface area contributed by atoms with Crippen LogP contribution in [0.2, 0.25) is 0 Å². The van der Waals surface area contributed by atoms with E-state index in [-0.39, 0.29) is 23.3 Å². The number of pyridine rings is 1. The van der Waals surface area contributed by atoms with Crippen LogP contribution in [0.5, 0.6) is 0 Å². The molecule has 1 aromatic carbocycles. The maximum Gasteiger partial charge on any atom is 0.417 e. The Labute approximate surface area is 239 Å². The lowest BCUT2D eigenvalue weighted by atomic mass is 9.97. The van der Waals surface area contributed by atoms with Crippen LogP contribution in [0.1, 0.15) is 41.8 Å². The standard InChI is InChI=1S/C29H31F4N7O2/c1-17-15-40(16-18(2)38(17)3)25-13-23(30)20(19-5-9-39(10-6-19)28-34-7-4-8-35-28)11-24(25)37-27(42)21-14-36-26(41)12-22(21)29(31,32)33/h4-5,7-8,11-14,17-18H,6,9-10,15-16H2,1-3H3,(H,36,41)(H,37,42). The van der Waals surface area contributed by atoms with Crippen LogP contribution >= 0.6 is 0 Å². The van der Waals surface area contributed by atoms with E-state index in [2.05, 4.69) is 25.2 Å². The molecule has 1 amide bonds. The smallest absolute Gasteiger partial charge is 0.367 e. The van der Waals surface area contributed by atoms with Crippen LogP contribution in [-0.2, 0) is 6.18 Å². The maximum absolute atomic E-state index is 15.8. The van der Waals surface area contributed by atoms with Crippen molar-refractivity contribution in [2.24, 2.45) is 0 Å². The quantitative estimate of drug-likeness (QED) is 0.429.